The lowest BCUT2D eigenvalue weighted by Gasteiger charge is -1.99. The summed E-state index contributed by atoms with van der Waals surface area (Å²) in [5, 5.41) is 8.07. The maximum atomic E-state index is 11.8. The molecule has 0 bridgehead atoms. The molecular weight excluding hydrogens is 264 g/mol. The number of hydrogen-bond donors (Lipinski definition) is 1. The number of benzene rings is 2. The maximum Gasteiger partial charge on any atom is 0.233 e. The molecule has 0 aliphatic heterocycles. The average molecular weight is 284 g/mol. The Kier molecular flexibility index (Phi) is 7.69. The summed E-state index contributed by atoms with van der Waals surface area (Å²) in [6.45, 7) is 2.40. The maximum absolute atomic E-state index is 11.8. The van der Waals surface area contributed by atoms with E-state index in [1.807, 2.05) is 12.1 Å². The Morgan fingerprint density at radius 3 is 1.43 bits per heavy atom. The van der Waals surface area contributed by atoms with Crippen molar-refractivity contribution in [3.05, 3.63) is 71.8 Å². The molecule has 0 fully saturated rings. The Morgan fingerprint density at radius 1 is 0.810 bits per heavy atom. The van der Waals surface area contributed by atoms with Gasteiger partial charge in [-0.05, 0) is 6.42 Å². The van der Waals surface area contributed by atoms with Gasteiger partial charge >= 0.3 is 0 Å². The quantitative estimate of drug-likeness (QED) is 0.675. The van der Waals surface area contributed by atoms with E-state index in [-0.39, 0.29) is 0 Å². The van der Waals surface area contributed by atoms with Crippen molar-refractivity contribution >= 4 is 11.6 Å². The van der Waals surface area contributed by atoms with Crippen LogP contribution in [-0.2, 0) is 0 Å². The lowest BCUT2D eigenvalue weighted by atomic mass is 10.0. The lowest BCUT2D eigenvalue weighted by Crippen LogP contribution is -2.14. The molecule has 0 amide bonds. The van der Waals surface area contributed by atoms with Gasteiger partial charge in [-0.2, -0.15) is 0 Å². The number of unbranched alkanes of at least 4 members (excludes halogenated alkanes) is 1. The average Bonchev–Trinajstić information content (AvgIpc) is 2.56. The number of carbonyl (C=O) groups excluding carboxylic acids is 2. The molecule has 0 aromatic heterocycles. The first-order valence-corrected chi connectivity index (χ1v) is 7.00. The van der Waals surface area contributed by atoms with Crippen LogP contribution >= 0.6 is 0 Å². The zero-order valence-corrected chi connectivity index (χ0v) is 12.2. The normalized spacial score (nSPS) is 9.43. The van der Waals surface area contributed by atoms with Crippen molar-refractivity contribution in [1.82, 2.24) is 0 Å². The molecular formula is C18H20O3. The highest BCUT2D eigenvalue weighted by Gasteiger charge is 2.16. The third-order valence-electron chi connectivity index (χ3n) is 2.79. The van der Waals surface area contributed by atoms with E-state index in [0.717, 1.165) is 12.8 Å². The highest BCUT2D eigenvalue weighted by atomic mass is 16.2. The fourth-order valence-corrected chi connectivity index (χ4v) is 1.60. The van der Waals surface area contributed by atoms with Gasteiger partial charge in [0.1, 0.15) is 0 Å². The number of aliphatic hydroxyl groups excluding tert-OH is 1. The van der Waals surface area contributed by atoms with Crippen LogP contribution in [0.1, 0.15) is 40.5 Å². The van der Waals surface area contributed by atoms with Crippen LogP contribution in [0.3, 0.4) is 0 Å². The highest BCUT2D eigenvalue weighted by molar-refractivity contribution is 6.49. The Labute approximate surface area is 125 Å². The van der Waals surface area contributed by atoms with Crippen LogP contribution in [-0.4, -0.2) is 23.3 Å². The second-order valence-electron chi connectivity index (χ2n) is 4.47. The van der Waals surface area contributed by atoms with Crippen LogP contribution in [0.2, 0.25) is 0 Å². The summed E-state index contributed by atoms with van der Waals surface area (Å²) in [5.41, 5.74) is 0.854. The number of rotatable bonds is 5. The van der Waals surface area contributed by atoms with Gasteiger partial charge in [-0.25, -0.2) is 0 Å². The van der Waals surface area contributed by atoms with Gasteiger partial charge in [0.2, 0.25) is 11.6 Å². The minimum Gasteiger partial charge on any atom is -0.396 e. The molecule has 1 N–H and O–H groups in total. The fourth-order valence-electron chi connectivity index (χ4n) is 1.60. The van der Waals surface area contributed by atoms with Crippen LogP contribution in [0, 0.1) is 0 Å². The fraction of sp³-hybridized carbons (Fsp3) is 0.222. The van der Waals surface area contributed by atoms with Crippen molar-refractivity contribution in [2.75, 3.05) is 6.61 Å². The van der Waals surface area contributed by atoms with Gasteiger partial charge in [0.25, 0.3) is 0 Å². The third kappa shape index (κ3) is 5.71. The van der Waals surface area contributed by atoms with Crippen molar-refractivity contribution in [1.29, 1.82) is 0 Å². The summed E-state index contributed by atoms with van der Waals surface area (Å²) in [5.74, 6) is -0.932. The minimum atomic E-state index is -0.466. The van der Waals surface area contributed by atoms with Crippen LogP contribution in [0.25, 0.3) is 0 Å². The second-order valence-corrected chi connectivity index (χ2v) is 4.47. The Morgan fingerprint density at radius 2 is 1.19 bits per heavy atom. The molecule has 0 saturated carbocycles. The van der Waals surface area contributed by atoms with E-state index in [9.17, 15) is 9.59 Å². The number of hydrogen-bond acceptors (Lipinski definition) is 3. The zero-order chi connectivity index (χ0) is 15.5. The third-order valence-corrected chi connectivity index (χ3v) is 2.79. The van der Waals surface area contributed by atoms with Gasteiger partial charge in [0, 0.05) is 17.7 Å². The van der Waals surface area contributed by atoms with Crippen molar-refractivity contribution in [2.45, 2.75) is 19.8 Å². The molecule has 0 spiro atoms. The zero-order valence-electron chi connectivity index (χ0n) is 12.2. The molecule has 3 heteroatoms. The van der Waals surface area contributed by atoms with Crippen LogP contribution in [0.15, 0.2) is 60.7 Å². The van der Waals surface area contributed by atoms with Crippen LogP contribution < -0.4 is 0 Å². The summed E-state index contributed by atoms with van der Waals surface area (Å²) in [6, 6.07) is 17.2. The molecule has 110 valence electrons. The molecule has 0 atom stereocenters. The standard InChI is InChI=1S/C14H10O2.C4H10O/c15-13(11-7-3-1-4-8-11)14(16)12-9-5-2-6-10-12;1-2-3-4-5/h1-10H;5H,2-4H2,1H3. The molecule has 2 aromatic rings. The van der Waals surface area contributed by atoms with E-state index in [2.05, 4.69) is 6.92 Å². The first-order chi connectivity index (χ1) is 10.2. The van der Waals surface area contributed by atoms with E-state index in [1.54, 1.807) is 48.5 Å². The van der Waals surface area contributed by atoms with Gasteiger partial charge < -0.3 is 5.11 Å². The highest BCUT2D eigenvalue weighted by Crippen LogP contribution is 2.07. The molecule has 2 aromatic carbocycles. The van der Waals surface area contributed by atoms with Gasteiger partial charge in [0.15, 0.2) is 0 Å². The smallest absolute Gasteiger partial charge is 0.233 e. The van der Waals surface area contributed by atoms with E-state index >= 15 is 0 Å². The molecule has 0 saturated heterocycles. The second kappa shape index (κ2) is 9.61. The van der Waals surface area contributed by atoms with Crippen molar-refractivity contribution in [3.8, 4) is 0 Å². The van der Waals surface area contributed by atoms with Crippen molar-refractivity contribution < 1.29 is 14.7 Å². The van der Waals surface area contributed by atoms with Gasteiger partial charge in [0.05, 0.1) is 0 Å². The minimum absolute atomic E-state index is 0.344. The number of aliphatic hydroxyl groups is 1. The van der Waals surface area contributed by atoms with Gasteiger partial charge in [-0.3, -0.25) is 9.59 Å². The summed E-state index contributed by atoms with van der Waals surface area (Å²) in [6.07, 6.45) is 2.04. The van der Waals surface area contributed by atoms with Crippen LogP contribution in [0.4, 0.5) is 0 Å². The molecule has 0 heterocycles. The molecule has 2 rings (SSSR count). The van der Waals surface area contributed by atoms with E-state index < -0.39 is 11.6 Å². The predicted octanol–water partition coefficient (Wildman–Crippen LogP) is 3.53. The number of carbonyl (C=O) groups is 2. The topological polar surface area (TPSA) is 54.4 Å². The Bertz CT molecular complexity index is 496. The molecule has 0 unspecified atom stereocenters. The summed E-state index contributed by atoms with van der Waals surface area (Å²) in [7, 11) is 0. The van der Waals surface area contributed by atoms with Crippen molar-refractivity contribution in [3.63, 3.8) is 0 Å². The van der Waals surface area contributed by atoms with E-state index in [0.29, 0.717) is 17.7 Å². The van der Waals surface area contributed by atoms with Crippen molar-refractivity contribution in [2.24, 2.45) is 0 Å². The van der Waals surface area contributed by atoms with Crippen LogP contribution in [0.5, 0.6) is 0 Å². The molecule has 3 nitrogen and oxygen atoms in total. The van der Waals surface area contributed by atoms with E-state index in [1.165, 1.54) is 0 Å². The van der Waals surface area contributed by atoms with Gasteiger partial charge in [-0.15, -0.1) is 0 Å². The largest absolute Gasteiger partial charge is 0.396 e. The summed E-state index contributed by atoms with van der Waals surface area (Å²) >= 11 is 0. The number of ketones is 2. The SMILES string of the molecule is CCCCO.O=C(C(=O)c1ccccc1)c1ccccc1. The first kappa shape index (κ1) is 16.8. The Hall–Kier alpha value is -2.26. The predicted molar refractivity (Wildman–Crippen MR) is 83.5 cm³/mol. The lowest BCUT2D eigenvalue weighted by molar-refractivity contribution is 0.0817. The number of Topliss-reactive ketones (excluding diaryl/α,β-unsaturated/α-hetero) is 2. The monoisotopic (exact) mass is 284 g/mol. The molecule has 0 aliphatic carbocycles. The van der Waals surface area contributed by atoms with Gasteiger partial charge in [-0.1, -0.05) is 74.0 Å². The molecule has 0 radical (unpaired) electrons. The summed E-state index contributed by atoms with van der Waals surface area (Å²) in [4.78, 5) is 23.6. The Balaban J connectivity index is 0.000000383. The first-order valence-electron chi connectivity index (χ1n) is 7.00. The van der Waals surface area contributed by atoms with E-state index in [4.69, 9.17) is 5.11 Å². The molecule has 21 heavy (non-hydrogen) atoms. The molecule has 0 aliphatic rings. The summed E-state index contributed by atoms with van der Waals surface area (Å²) < 4.78 is 0.